The zero-order chi connectivity index (χ0) is 13.5. The van der Waals surface area contributed by atoms with E-state index in [0.717, 1.165) is 55.4 Å². The maximum absolute atomic E-state index is 5.81. The average Bonchev–Trinajstić information content (AvgIpc) is 3.02. The second-order valence-electron chi connectivity index (χ2n) is 4.89. The van der Waals surface area contributed by atoms with Gasteiger partial charge < -0.3 is 14.8 Å². The molecule has 2 unspecified atom stereocenters. The number of ether oxygens (including phenoxy) is 2. The molecule has 5 nitrogen and oxygen atoms in total. The van der Waals surface area contributed by atoms with Crippen LogP contribution in [0.15, 0.2) is 0 Å². The van der Waals surface area contributed by atoms with Crippen molar-refractivity contribution < 1.29 is 9.47 Å². The zero-order valence-electron chi connectivity index (χ0n) is 11.7. The van der Waals surface area contributed by atoms with Crippen LogP contribution in [0, 0.1) is 0 Å². The fourth-order valence-electron chi connectivity index (χ4n) is 2.15. The second-order valence-corrected chi connectivity index (χ2v) is 5.99. The van der Waals surface area contributed by atoms with Crippen LogP contribution in [-0.2, 0) is 15.9 Å². The lowest BCUT2D eigenvalue weighted by Crippen LogP contribution is -2.20. The molecule has 108 valence electrons. The summed E-state index contributed by atoms with van der Waals surface area (Å²) in [6.45, 7) is 4.79. The maximum atomic E-state index is 5.81. The summed E-state index contributed by atoms with van der Waals surface area (Å²) < 4.78 is 10.8. The predicted octanol–water partition coefficient (Wildman–Crippen LogP) is 1.95. The van der Waals surface area contributed by atoms with Gasteiger partial charge in [0.05, 0.1) is 12.7 Å². The van der Waals surface area contributed by atoms with Crippen molar-refractivity contribution in [3.63, 3.8) is 0 Å². The molecular weight excluding hydrogens is 262 g/mol. The first kappa shape index (κ1) is 14.8. The monoisotopic (exact) mass is 285 g/mol. The smallest absolute Gasteiger partial charge is 0.146 e. The van der Waals surface area contributed by atoms with Gasteiger partial charge >= 0.3 is 0 Å². The first-order chi connectivity index (χ1) is 9.29. The lowest BCUT2D eigenvalue weighted by atomic mass is 10.2. The highest BCUT2D eigenvalue weighted by molar-refractivity contribution is 7.11. The molecule has 1 aliphatic heterocycles. The van der Waals surface area contributed by atoms with Gasteiger partial charge in [-0.05, 0) is 32.7 Å². The van der Waals surface area contributed by atoms with Crippen molar-refractivity contribution in [1.82, 2.24) is 15.5 Å². The van der Waals surface area contributed by atoms with E-state index in [1.165, 1.54) is 0 Å². The Balaban J connectivity index is 1.66. The molecule has 1 aromatic heterocycles. The molecule has 2 atom stereocenters. The summed E-state index contributed by atoms with van der Waals surface area (Å²) in [6.07, 6.45) is 4.82. The van der Waals surface area contributed by atoms with Crippen molar-refractivity contribution >= 4 is 11.3 Å². The normalized spacial score (nSPS) is 23.1. The molecule has 0 spiro atoms. The SMILES string of the molecule is COCCNCCCc1nnc(C2CCC(C)O2)s1. The summed E-state index contributed by atoms with van der Waals surface area (Å²) >= 11 is 1.70. The number of nitrogens with zero attached hydrogens (tertiary/aromatic N) is 2. The highest BCUT2D eigenvalue weighted by atomic mass is 32.1. The third kappa shape index (κ3) is 4.80. The minimum Gasteiger partial charge on any atom is -0.383 e. The summed E-state index contributed by atoms with van der Waals surface area (Å²) in [5.74, 6) is 0. The Morgan fingerprint density at radius 1 is 1.37 bits per heavy atom. The highest BCUT2D eigenvalue weighted by Crippen LogP contribution is 2.33. The number of aromatic nitrogens is 2. The summed E-state index contributed by atoms with van der Waals surface area (Å²) in [4.78, 5) is 0. The number of methoxy groups -OCH3 is 1. The number of nitrogens with one attached hydrogen (secondary N) is 1. The zero-order valence-corrected chi connectivity index (χ0v) is 12.5. The molecule has 1 N–H and O–H groups in total. The Hall–Kier alpha value is -0.560. The lowest BCUT2D eigenvalue weighted by molar-refractivity contribution is 0.0550. The molecule has 0 aromatic carbocycles. The van der Waals surface area contributed by atoms with E-state index in [1.54, 1.807) is 18.4 Å². The van der Waals surface area contributed by atoms with Crippen LogP contribution in [-0.4, -0.2) is 43.1 Å². The molecule has 1 aliphatic rings. The molecule has 0 bridgehead atoms. The van der Waals surface area contributed by atoms with E-state index < -0.39 is 0 Å². The van der Waals surface area contributed by atoms with Crippen molar-refractivity contribution in [2.24, 2.45) is 0 Å². The molecule has 0 saturated carbocycles. The van der Waals surface area contributed by atoms with Gasteiger partial charge in [-0.15, -0.1) is 10.2 Å². The van der Waals surface area contributed by atoms with Gasteiger partial charge in [-0.2, -0.15) is 0 Å². The Kier molecular flexibility index (Phi) is 6.16. The van der Waals surface area contributed by atoms with Crippen LogP contribution in [0.3, 0.4) is 0 Å². The minimum absolute atomic E-state index is 0.182. The third-order valence-corrected chi connectivity index (χ3v) is 4.29. The molecule has 19 heavy (non-hydrogen) atoms. The number of hydrogen-bond donors (Lipinski definition) is 1. The summed E-state index contributed by atoms with van der Waals surface area (Å²) in [6, 6.07) is 0. The molecule has 0 aliphatic carbocycles. The van der Waals surface area contributed by atoms with Crippen LogP contribution in [0.25, 0.3) is 0 Å². The van der Waals surface area contributed by atoms with E-state index in [2.05, 4.69) is 22.4 Å². The third-order valence-electron chi connectivity index (χ3n) is 3.22. The lowest BCUT2D eigenvalue weighted by Gasteiger charge is -2.05. The largest absolute Gasteiger partial charge is 0.383 e. The predicted molar refractivity (Wildman–Crippen MR) is 75.5 cm³/mol. The van der Waals surface area contributed by atoms with Crippen LogP contribution < -0.4 is 5.32 Å². The van der Waals surface area contributed by atoms with Crippen LogP contribution in [0.2, 0.25) is 0 Å². The molecule has 2 heterocycles. The van der Waals surface area contributed by atoms with Gasteiger partial charge in [-0.3, -0.25) is 0 Å². The van der Waals surface area contributed by atoms with E-state index in [4.69, 9.17) is 9.47 Å². The van der Waals surface area contributed by atoms with Crippen LogP contribution in [0.4, 0.5) is 0 Å². The molecular formula is C13H23N3O2S. The van der Waals surface area contributed by atoms with Crippen molar-refractivity contribution in [2.75, 3.05) is 26.8 Å². The Morgan fingerprint density at radius 3 is 3.00 bits per heavy atom. The van der Waals surface area contributed by atoms with E-state index in [9.17, 15) is 0 Å². The minimum atomic E-state index is 0.182. The second kappa shape index (κ2) is 7.89. The van der Waals surface area contributed by atoms with Crippen molar-refractivity contribution in [1.29, 1.82) is 0 Å². The summed E-state index contributed by atoms with van der Waals surface area (Å²) in [5, 5.41) is 14.0. The topological polar surface area (TPSA) is 56.3 Å². The van der Waals surface area contributed by atoms with Gasteiger partial charge in [0.15, 0.2) is 0 Å². The Bertz CT molecular complexity index is 373. The highest BCUT2D eigenvalue weighted by Gasteiger charge is 2.26. The molecule has 1 fully saturated rings. The van der Waals surface area contributed by atoms with Gasteiger partial charge in [-0.25, -0.2) is 0 Å². The van der Waals surface area contributed by atoms with Gasteiger partial charge in [-0.1, -0.05) is 11.3 Å². The number of hydrogen-bond acceptors (Lipinski definition) is 6. The molecule has 2 rings (SSSR count). The van der Waals surface area contributed by atoms with E-state index in [0.29, 0.717) is 6.10 Å². The van der Waals surface area contributed by atoms with E-state index in [-0.39, 0.29) is 6.10 Å². The van der Waals surface area contributed by atoms with Gasteiger partial charge in [0.2, 0.25) is 0 Å². The van der Waals surface area contributed by atoms with Gasteiger partial charge in [0.1, 0.15) is 16.1 Å². The maximum Gasteiger partial charge on any atom is 0.146 e. The number of rotatable bonds is 8. The van der Waals surface area contributed by atoms with Crippen molar-refractivity contribution in [2.45, 2.75) is 44.8 Å². The number of aryl methyl sites for hydroxylation is 1. The fraction of sp³-hybridized carbons (Fsp3) is 0.846. The fourth-order valence-corrected chi connectivity index (χ4v) is 3.10. The van der Waals surface area contributed by atoms with Crippen LogP contribution in [0.5, 0.6) is 0 Å². The van der Waals surface area contributed by atoms with Crippen molar-refractivity contribution in [3.05, 3.63) is 10.0 Å². The van der Waals surface area contributed by atoms with E-state index in [1.807, 2.05) is 0 Å². The molecule has 1 saturated heterocycles. The summed E-state index contributed by atoms with van der Waals surface area (Å²) in [7, 11) is 1.72. The molecule has 0 amide bonds. The van der Waals surface area contributed by atoms with Crippen molar-refractivity contribution in [3.8, 4) is 0 Å². The van der Waals surface area contributed by atoms with Crippen LogP contribution >= 0.6 is 11.3 Å². The Labute approximate surface area is 118 Å². The first-order valence-electron chi connectivity index (χ1n) is 6.97. The first-order valence-corrected chi connectivity index (χ1v) is 7.78. The van der Waals surface area contributed by atoms with Gasteiger partial charge in [0.25, 0.3) is 0 Å². The standard InChI is InChI=1S/C13H23N3O2S/c1-10-5-6-11(18-10)13-16-15-12(19-13)4-3-7-14-8-9-17-2/h10-11,14H,3-9H2,1-2H3. The average molecular weight is 285 g/mol. The molecule has 6 heteroatoms. The van der Waals surface area contributed by atoms with Crippen LogP contribution in [0.1, 0.15) is 42.3 Å². The summed E-state index contributed by atoms with van der Waals surface area (Å²) in [5.41, 5.74) is 0. The van der Waals surface area contributed by atoms with E-state index >= 15 is 0 Å². The van der Waals surface area contributed by atoms with Gasteiger partial charge in [0, 0.05) is 20.1 Å². The Morgan fingerprint density at radius 2 is 2.26 bits per heavy atom. The molecule has 1 aromatic rings. The molecule has 0 radical (unpaired) electrons. The quantitative estimate of drug-likeness (QED) is 0.740.